The van der Waals surface area contributed by atoms with Gasteiger partial charge in [-0.25, -0.2) is 0 Å². The minimum absolute atomic E-state index is 0.142. The first-order valence-electron chi connectivity index (χ1n) is 7.77. The molecule has 2 rings (SSSR count). The van der Waals surface area contributed by atoms with E-state index in [9.17, 15) is 15.0 Å². The first-order chi connectivity index (χ1) is 11.5. The molecule has 0 aromatic heterocycles. The normalized spacial score (nSPS) is 16.7. The van der Waals surface area contributed by atoms with Crippen molar-refractivity contribution >= 4 is 17.4 Å². The molecule has 0 aliphatic carbocycles. The summed E-state index contributed by atoms with van der Waals surface area (Å²) >= 11 is 0. The first kappa shape index (κ1) is 17.9. The molecule has 1 heterocycles. The van der Waals surface area contributed by atoms with Crippen molar-refractivity contribution in [3.05, 3.63) is 23.3 Å². The number of hydrogen-bond donors (Lipinski definition) is 2. The van der Waals surface area contributed by atoms with Crippen LogP contribution in [0.15, 0.2) is 17.7 Å². The molecule has 132 valence electrons. The van der Waals surface area contributed by atoms with Gasteiger partial charge in [0.05, 0.1) is 32.9 Å². The van der Waals surface area contributed by atoms with E-state index in [-0.39, 0.29) is 24.4 Å². The van der Waals surface area contributed by atoms with Gasteiger partial charge in [-0.1, -0.05) is 0 Å². The Morgan fingerprint density at radius 1 is 1.21 bits per heavy atom. The molecule has 2 N–H and O–H groups in total. The van der Waals surface area contributed by atoms with Crippen molar-refractivity contribution in [2.45, 2.75) is 26.5 Å². The lowest BCUT2D eigenvalue weighted by atomic mass is 9.96. The fourth-order valence-electron chi connectivity index (χ4n) is 2.80. The highest BCUT2D eigenvalue weighted by molar-refractivity contribution is 5.85. The van der Waals surface area contributed by atoms with E-state index in [0.717, 1.165) is 0 Å². The maximum Gasteiger partial charge on any atom is 0.310 e. The van der Waals surface area contributed by atoms with Crippen molar-refractivity contribution in [1.29, 1.82) is 0 Å². The maximum atomic E-state index is 11.8. The molecule has 0 bridgehead atoms. The Balaban J connectivity index is 2.57. The molecule has 1 aromatic rings. The number of aliphatic hydroxyl groups is 2. The minimum atomic E-state index is -1.12. The average Bonchev–Trinajstić information content (AvgIpc) is 2.58. The van der Waals surface area contributed by atoms with Crippen molar-refractivity contribution in [1.82, 2.24) is 0 Å². The van der Waals surface area contributed by atoms with Crippen LogP contribution in [0.2, 0.25) is 0 Å². The lowest BCUT2D eigenvalue weighted by Gasteiger charge is -2.36. The summed E-state index contributed by atoms with van der Waals surface area (Å²) in [6.07, 6.45) is -1.31. The lowest BCUT2D eigenvalue weighted by Crippen LogP contribution is -2.40. The van der Waals surface area contributed by atoms with Crippen LogP contribution in [0, 0.1) is 0 Å². The molecular formula is C17H23NO6. The van der Waals surface area contributed by atoms with Gasteiger partial charge in [0.2, 0.25) is 0 Å². The molecule has 1 aliphatic heterocycles. The van der Waals surface area contributed by atoms with E-state index in [1.165, 1.54) is 14.2 Å². The van der Waals surface area contributed by atoms with E-state index in [0.29, 0.717) is 29.3 Å². The number of hydrogen-bond acceptors (Lipinski definition) is 7. The number of carbonyl (C=O) groups excluding carboxylic acids is 1. The summed E-state index contributed by atoms with van der Waals surface area (Å²) in [6.45, 7) is 4.29. The lowest BCUT2D eigenvalue weighted by molar-refractivity contribution is -0.142. The van der Waals surface area contributed by atoms with Gasteiger partial charge in [-0.15, -0.1) is 0 Å². The Labute approximate surface area is 141 Å². The van der Waals surface area contributed by atoms with Crippen LogP contribution in [0.3, 0.4) is 0 Å². The predicted molar refractivity (Wildman–Crippen MR) is 89.4 cm³/mol. The minimum Gasteiger partial charge on any atom is -0.507 e. The van der Waals surface area contributed by atoms with E-state index in [1.54, 1.807) is 24.0 Å². The molecule has 0 saturated carbocycles. The summed E-state index contributed by atoms with van der Waals surface area (Å²) in [5.41, 5.74) is 1.28. The predicted octanol–water partition coefficient (Wildman–Crippen LogP) is 2.08. The summed E-state index contributed by atoms with van der Waals surface area (Å²) in [7, 11) is 3.02. The molecule has 1 atom stereocenters. The number of carbonyl (C=O) groups is 1. The molecule has 1 aromatic carbocycles. The highest BCUT2D eigenvalue weighted by atomic mass is 16.5. The summed E-state index contributed by atoms with van der Waals surface area (Å²) in [6, 6.07) is 3.32. The molecule has 24 heavy (non-hydrogen) atoms. The number of likely N-dealkylation sites (N-methyl/N-ethyl adjacent to an activating group) is 1. The van der Waals surface area contributed by atoms with Gasteiger partial charge in [0, 0.05) is 23.7 Å². The van der Waals surface area contributed by atoms with Gasteiger partial charge in [0.25, 0.3) is 0 Å². The third-order valence-corrected chi connectivity index (χ3v) is 3.96. The van der Waals surface area contributed by atoms with E-state index in [4.69, 9.17) is 14.2 Å². The maximum absolute atomic E-state index is 11.8. The Hall–Kier alpha value is -2.41. The van der Waals surface area contributed by atoms with E-state index in [1.807, 2.05) is 6.92 Å². The Kier molecular flexibility index (Phi) is 5.56. The largest absolute Gasteiger partial charge is 0.507 e. The smallest absolute Gasteiger partial charge is 0.310 e. The van der Waals surface area contributed by atoms with Crippen LogP contribution in [0.5, 0.6) is 11.5 Å². The van der Waals surface area contributed by atoms with Crippen LogP contribution in [0.4, 0.5) is 5.69 Å². The van der Waals surface area contributed by atoms with Crippen molar-refractivity contribution in [2.75, 3.05) is 32.3 Å². The molecule has 7 heteroatoms. The van der Waals surface area contributed by atoms with Gasteiger partial charge >= 0.3 is 5.97 Å². The first-order valence-corrected chi connectivity index (χ1v) is 7.77. The zero-order valence-electron chi connectivity index (χ0n) is 14.3. The average molecular weight is 337 g/mol. The number of fused-ring (bicyclic) bond motifs is 1. The monoisotopic (exact) mass is 337 g/mol. The Bertz CT molecular complexity index is 655. The van der Waals surface area contributed by atoms with Crippen LogP contribution in [0.25, 0.3) is 5.76 Å². The topological polar surface area (TPSA) is 88.5 Å². The number of methoxy groups -OCH3 is 2. The van der Waals surface area contributed by atoms with Gasteiger partial charge in [0.15, 0.2) is 17.7 Å². The third kappa shape index (κ3) is 3.12. The zero-order chi connectivity index (χ0) is 17.9. The van der Waals surface area contributed by atoms with Crippen LogP contribution in [-0.4, -0.2) is 49.8 Å². The molecule has 0 saturated heterocycles. The molecule has 0 amide bonds. The second kappa shape index (κ2) is 7.44. The number of esters is 1. The molecule has 0 radical (unpaired) electrons. The number of rotatable bonds is 6. The molecule has 0 fully saturated rings. The molecule has 7 nitrogen and oxygen atoms in total. The van der Waals surface area contributed by atoms with E-state index < -0.39 is 12.2 Å². The van der Waals surface area contributed by atoms with Gasteiger partial charge in [0.1, 0.15) is 5.76 Å². The summed E-state index contributed by atoms with van der Waals surface area (Å²) in [4.78, 5) is 13.5. The fourth-order valence-corrected chi connectivity index (χ4v) is 2.80. The van der Waals surface area contributed by atoms with Crippen LogP contribution in [-0.2, 0) is 9.53 Å². The summed E-state index contributed by atoms with van der Waals surface area (Å²) in [5, 5.41) is 21.2. The highest BCUT2D eigenvalue weighted by Gasteiger charge is 2.33. The van der Waals surface area contributed by atoms with Crippen LogP contribution in [0.1, 0.15) is 25.8 Å². The zero-order valence-corrected chi connectivity index (χ0v) is 14.3. The van der Waals surface area contributed by atoms with E-state index in [2.05, 4.69) is 0 Å². The standard InChI is InChI=1S/C17H23NO6/c1-5-18-12-9-14(23-4)13(22-3)7-10(12)16(20)11(17(18)21)8-15(19)24-6-2/h7,9,17,20-21H,5-6,8H2,1-4H3. The van der Waals surface area contributed by atoms with E-state index >= 15 is 0 Å². The van der Waals surface area contributed by atoms with Crippen LogP contribution >= 0.6 is 0 Å². The number of benzene rings is 1. The summed E-state index contributed by atoms with van der Waals surface area (Å²) < 4.78 is 15.5. The van der Waals surface area contributed by atoms with Gasteiger partial charge in [-0.3, -0.25) is 4.79 Å². The molecule has 1 aliphatic rings. The van der Waals surface area contributed by atoms with Crippen molar-refractivity contribution in [2.24, 2.45) is 0 Å². The van der Waals surface area contributed by atoms with Gasteiger partial charge < -0.3 is 29.3 Å². The molecule has 0 spiro atoms. The third-order valence-electron chi connectivity index (χ3n) is 3.96. The molecule has 1 unspecified atom stereocenters. The Morgan fingerprint density at radius 2 is 1.83 bits per heavy atom. The molecular weight excluding hydrogens is 314 g/mol. The summed E-state index contributed by atoms with van der Waals surface area (Å²) in [5.74, 6) is 0.295. The quantitative estimate of drug-likeness (QED) is 0.768. The fraction of sp³-hybridized carbons (Fsp3) is 0.471. The van der Waals surface area contributed by atoms with Crippen molar-refractivity contribution < 1.29 is 29.2 Å². The SMILES string of the molecule is CCOC(=O)CC1=C(O)c2cc(OC)c(OC)cc2N(CC)C1O. The number of anilines is 1. The van der Waals surface area contributed by atoms with Crippen molar-refractivity contribution in [3.63, 3.8) is 0 Å². The second-order valence-electron chi connectivity index (χ2n) is 5.24. The van der Waals surface area contributed by atoms with Gasteiger partial charge in [-0.05, 0) is 19.9 Å². The van der Waals surface area contributed by atoms with Gasteiger partial charge in [-0.2, -0.15) is 0 Å². The highest BCUT2D eigenvalue weighted by Crippen LogP contribution is 2.43. The number of nitrogens with zero attached hydrogens (tertiary/aromatic N) is 1. The van der Waals surface area contributed by atoms with Crippen molar-refractivity contribution in [3.8, 4) is 11.5 Å². The Morgan fingerprint density at radius 3 is 2.38 bits per heavy atom. The number of ether oxygens (including phenoxy) is 3. The number of aliphatic hydroxyl groups excluding tert-OH is 2. The second-order valence-corrected chi connectivity index (χ2v) is 5.24. The van der Waals surface area contributed by atoms with Crippen LogP contribution < -0.4 is 14.4 Å².